The molecule has 3 heterocycles. The molecule has 4 aromatic rings. The first-order valence-electron chi connectivity index (χ1n) is 9.27. The molecule has 3 aromatic heterocycles. The maximum Gasteiger partial charge on any atom is 0.335 e. The lowest BCUT2D eigenvalue weighted by Crippen LogP contribution is -2.07. The SMILES string of the molecule is COc1cc(C(=O)O)cc2nc(-c3cc4cnn(C)c4n3CC3CC3)n(C)c12. The quantitative estimate of drug-likeness (QED) is 0.576. The first-order chi connectivity index (χ1) is 13.5. The summed E-state index contributed by atoms with van der Waals surface area (Å²) >= 11 is 0. The number of fused-ring (bicyclic) bond motifs is 2. The van der Waals surface area contributed by atoms with Gasteiger partial charge in [0.15, 0.2) is 5.82 Å². The van der Waals surface area contributed by atoms with Crippen LogP contribution in [0.5, 0.6) is 5.75 Å². The van der Waals surface area contributed by atoms with Crippen LogP contribution in [0.2, 0.25) is 0 Å². The third kappa shape index (κ3) is 2.41. The number of ether oxygens (including phenoxy) is 1. The minimum absolute atomic E-state index is 0.164. The van der Waals surface area contributed by atoms with Crippen molar-refractivity contribution in [3.63, 3.8) is 0 Å². The van der Waals surface area contributed by atoms with Crippen molar-refractivity contribution in [2.75, 3.05) is 7.11 Å². The number of carboxylic acids is 1. The van der Waals surface area contributed by atoms with Crippen LogP contribution in [0.4, 0.5) is 0 Å². The zero-order valence-electron chi connectivity index (χ0n) is 16.0. The van der Waals surface area contributed by atoms with E-state index in [1.807, 2.05) is 29.5 Å². The molecule has 1 aliphatic carbocycles. The lowest BCUT2D eigenvalue weighted by atomic mass is 10.2. The molecule has 0 amide bonds. The van der Waals surface area contributed by atoms with Crippen LogP contribution in [0, 0.1) is 5.92 Å². The fraction of sp³-hybridized carbons (Fsp3) is 0.350. The number of carbonyl (C=O) groups is 1. The Morgan fingerprint density at radius 1 is 1.29 bits per heavy atom. The van der Waals surface area contributed by atoms with Crippen LogP contribution in [-0.4, -0.2) is 42.1 Å². The average molecular weight is 379 g/mol. The molecule has 0 saturated heterocycles. The largest absolute Gasteiger partial charge is 0.494 e. The maximum atomic E-state index is 11.5. The molecule has 0 unspecified atom stereocenters. The highest BCUT2D eigenvalue weighted by atomic mass is 16.5. The van der Waals surface area contributed by atoms with Crippen LogP contribution >= 0.6 is 0 Å². The number of rotatable bonds is 5. The number of aryl methyl sites for hydroxylation is 2. The number of aromatic carboxylic acids is 1. The van der Waals surface area contributed by atoms with Gasteiger partial charge in [-0.3, -0.25) is 4.68 Å². The van der Waals surface area contributed by atoms with E-state index in [4.69, 9.17) is 9.72 Å². The standard InChI is InChI=1S/C20H21N5O3/c1-23-17-14(6-12(20(26)27)8-16(17)28-3)22-18(23)15-7-13-9-21-24(2)19(13)25(15)10-11-4-5-11/h6-9,11H,4-5,10H2,1-3H3,(H,26,27). The van der Waals surface area contributed by atoms with Gasteiger partial charge < -0.3 is 19.0 Å². The van der Waals surface area contributed by atoms with E-state index in [2.05, 4.69) is 15.7 Å². The van der Waals surface area contributed by atoms with E-state index < -0.39 is 5.97 Å². The molecule has 0 aliphatic heterocycles. The minimum Gasteiger partial charge on any atom is -0.494 e. The summed E-state index contributed by atoms with van der Waals surface area (Å²) in [4.78, 5) is 16.3. The third-order valence-corrected chi connectivity index (χ3v) is 5.54. The highest BCUT2D eigenvalue weighted by molar-refractivity contribution is 5.96. The molecule has 1 fully saturated rings. The lowest BCUT2D eigenvalue weighted by molar-refractivity contribution is 0.0696. The number of methoxy groups -OCH3 is 1. The first-order valence-corrected chi connectivity index (χ1v) is 9.27. The van der Waals surface area contributed by atoms with E-state index in [9.17, 15) is 9.90 Å². The number of benzene rings is 1. The van der Waals surface area contributed by atoms with Crippen LogP contribution in [-0.2, 0) is 20.6 Å². The Balaban J connectivity index is 1.77. The zero-order valence-corrected chi connectivity index (χ0v) is 16.0. The van der Waals surface area contributed by atoms with Crippen LogP contribution in [0.15, 0.2) is 24.4 Å². The van der Waals surface area contributed by atoms with Gasteiger partial charge in [-0.15, -0.1) is 0 Å². The Bertz CT molecular complexity index is 1240. The summed E-state index contributed by atoms with van der Waals surface area (Å²) in [6, 6.07) is 5.25. The molecule has 8 heteroatoms. The van der Waals surface area contributed by atoms with Gasteiger partial charge in [0.1, 0.15) is 16.9 Å². The van der Waals surface area contributed by atoms with E-state index >= 15 is 0 Å². The fourth-order valence-electron chi connectivity index (χ4n) is 3.97. The van der Waals surface area contributed by atoms with Crippen molar-refractivity contribution in [1.29, 1.82) is 0 Å². The van der Waals surface area contributed by atoms with Gasteiger partial charge in [-0.25, -0.2) is 9.78 Å². The Labute approximate surface area is 160 Å². The summed E-state index contributed by atoms with van der Waals surface area (Å²) in [6.45, 7) is 0.930. The second kappa shape index (κ2) is 5.85. The first kappa shape index (κ1) is 16.9. The predicted octanol–water partition coefficient (Wildman–Crippen LogP) is 3.05. The van der Waals surface area contributed by atoms with Crippen molar-refractivity contribution in [1.82, 2.24) is 23.9 Å². The molecule has 28 heavy (non-hydrogen) atoms. The van der Waals surface area contributed by atoms with E-state index in [1.54, 1.807) is 19.2 Å². The Morgan fingerprint density at radius 3 is 2.75 bits per heavy atom. The van der Waals surface area contributed by atoms with Gasteiger partial charge in [0.05, 0.1) is 30.1 Å². The van der Waals surface area contributed by atoms with Crippen LogP contribution in [0.25, 0.3) is 33.6 Å². The molecule has 8 nitrogen and oxygen atoms in total. The van der Waals surface area contributed by atoms with Crippen LogP contribution in [0.1, 0.15) is 23.2 Å². The van der Waals surface area contributed by atoms with Crippen molar-refractivity contribution < 1.29 is 14.6 Å². The van der Waals surface area contributed by atoms with Gasteiger partial charge in [-0.1, -0.05) is 0 Å². The molecule has 144 valence electrons. The molecule has 1 aromatic carbocycles. The van der Waals surface area contributed by atoms with Gasteiger partial charge in [0.2, 0.25) is 0 Å². The molecule has 0 bridgehead atoms. The number of hydrogen-bond acceptors (Lipinski definition) is 4. The molecule has 0 radical (unpaired) electrons. The lowest BCUT2D eigenvalue weighted by Gasteiger charge is -2.11. The van der Waals surface area contributed by atoms with Gasteiger partial charge >= 0.3 is 5.97 Å². The van der Waals surface area contributed by atoms with E-state index in [0.717, 1.165) is 34.6 Å². The molecule has 1 saturated carbocycles. The van der Waals surface area contributed by atoms with Gasteiger partial charge in [0.25, 0.3) is 0 Å². The van der Waals surface area contributed by atoms with Crippen molar-refractivity contribution in [2.45, 2.75) is 19.4 Å². The second-order valence-electron chi connectivity index (χ2n) is 7.48. The summed E-state index contributed by atoms with van der Waals surface area (Å²) in [5.74, 6) is 0.976. The van der Waals surface area contributed by atoms with E-state index in [0.29, 0.717) is 17.2 Å². The van der Waals surface area contributed by atoms with Gasteiger partial charge in [-0.2, -0.15) is 5.10 Å². The summed E-state index contributed by atoms with van der Waals surface area (Å²) < 4.78 is 11.6. The third-order valence-electron chi connectivity index (χ3n) is 5.54. The highest BCUT2D eigenvalue weighted by Gasteiger charge is 2.27. The number of aromatic nitrogens is 5. The number of imidazole rings is 1. The Hall–Kier alpha value is -3.29. The Morgan fingerprint density at radius 2 is 2.07 bits per heavy atom. The molecular formula is C20H21N5O3. The summed E-state index contributed by atoms with van der Waals surface area (Å²) in [5.41, 5.74) is 3.64. The maximum absolute atomic E-state index is 11.5. The van der Waals surface area contributed by atoms with Crippen molar-refractivity contribution in [3.8, 4) is 17.3 Å². The molecule has 0 atom stereocenters. The van der Waals surface area contributed by atoms with Crippen molar-refractivity contribution in [2.24, 2.45) is 20.0 Å². The van der Waals surface area contributed by atoms with Gasteiger partial charge in [0, 0.05) is 26.0 Å². The van der Waals surface area contributed by atoms with Gasteiger partial charge in [-0.05, 0) is 37.0 Å². The number of carboxylic acid groups (broad SMARTS) is 1. The minimum atomic E-state index is -0.999. The van der Waals surface area contributed by atoms with Crippen LogP contribution in [0.3, 0.4) is 0 Å². The van der Waals surface area contributed by atoms with Crippen molar-refractivity contribution >= 4 is 28.0 Å². The topological polar surface area (TPSA) is 87.1 Å². The molecule has 5 rings (SSSR count). The average Bonchev–Trinajstić information content (AvgIpc) is 3.19. The van der Waals surface area contributed by atoms with E-state index in [1.165, 1.54) is 12.8 Å². The van der Waals surface area contributed by atoms with Crippen LogP contribution < -0.4 is 4.74 Å². The number of nitrogens with zero attached hydrogens (tertiary/aromatic N) is 5. The summed E-state index contributed by atoms with van der Waals surface area (Å²) in [7, 11) is 5.43. The Kier molecular flexibility index (Phi) is 3.52. The molecule has 1 N–H and O–H groups in total. The van der Waals surface area contributed by atoms with Crippen molar-refractivity contribution in [3.05, 3.63) is 30.0 Å². The molecule has 0 spiro atoms. The normalized spacial score (nSPS) is 14.2. The molecule has 1 aliphatic rings. The fourth-order valence-corrected chi connectivity index (χ4v) is 3.97. The summed E-state index contributed by atoms with van der Waals surface area (Å²) in [6.07, 6.45) is 4.36. The molecular weight excluding hydrogens is 358 g/mol. The zero-order chi connectivity index (χ0) is 19.6. The highest BCUT2D eigenvalue weighted by Crippen LogP contribution is 2.37. The summed E-state index contributed by atoms with van der Waals surface area (Å²) in [5, 5.41) is 14.9. The monoisotopic (exact) mass is 379 g/mol. The predicted molar refractivity (Wildman–Crippen MR) is 105 cm³/mol. The smallest absolute Gasteiger partial charge is 0.335 e. The second-order valence-corrected chi connectivity index (χ2v) is 7.48. The number of hydrogen-bond donors (Lipinski definition) is 1. The van der Waals surface area contributed by atoms with E-state index in [-0.39, 0.29) is 5.56 Å².